The van der Waals surface area contributed by atoms with Crippen molar-refractivity contribution < 1.29 is 23.1 Å². The predicted octanol–water partition coefficient (Wildman–Crippen LogP) is 6.04. The summed E-state index contributed by atoms with van der Waals surface area (Å²) in [6, 6.07) is 16.5. The summed E-state index contributed by atoms with van der Waals surface area (Å²) in [5.74, 6) is -1.37. The Kier molecular flexibility index (Phi) is 8.47. The average Bonchev–Trinajstić information content (AvgIpc) is 3.70. The van der Waals surface area contributed by atoms with Gasteiger partial charge in [0, 0.05) is 31.0 Å². The van der Waals surface area contributed by atoms with E-state index >= 15 is 0 Å². The molecule has 1 unspecified atom stereocenters. The quantitative estimate of drug-likeness (QED) is 0.254. The summed E-state index contributed by atoms with van der Waals surface area (Å²) in [6.45, 7) is 1.81. The van der Waals surface area contributed by atoms with E-state index in [2.05, 4.69) is 10.6 Å². The fourth-order valence-electron chi connectivity index (χ4n) is 5.08. The van der Waals surface area contributed by atoms with Gasteiger partial charge in [-0.2, -0.15) is 5.10 Å². The smallest absolute Gasteiger partial charge is 0.257 e. The van der Waals surface area contributed by atoms with E-state index in [0.29, 0.717) is 60.1 Å². The molecule has 1 aliphatic carbocycles. The van der Waals surface area contributed by atoms with E-state index in [0.717, 1.165) is 18.9 Å². The molecule has 0 spiro atoms. The number of aromatic nitrogens is 2. The number of hydrogen-bond donors (Lipinski definition) is 2. The van der Waals surface area contributed by atoms with E-state index in [1.165, 1.54) is 12.8 Å². The van der Waals surface area contributed by atoms with Crippen LogP contribution in [-0.2, 0) is 19.4 Å². The SMILES string of the molecule is CC(F)(F)CCCOc1cccc(CCC2Cc3nn(CCC4CC4)c(NC(=O)c4ccccc4)c3C(=O)N2)c1. The Balaban J connectivity index is 1.23. The number of nitrogens with one attached hydrogen (secondary N) is 2. The first-order valence-electron chi connectivity index (χ1n) is 14.1. The zero-order chi connectivity index (χ0) is 28.1. The van der Waals surface area contributed by atoms with Gasteiger partial charge in [-0.3, -0.25) is 9.59 Å². The van der Waals surface area contributed by atoms with Crippen molar-refractivity contribution in [2.45, 2.75) is 76.8 Å². The molecule has 2 heterocycles. The van der Waals surface area contributed by atoms with Crippen molar-refractivity contribution in [3.05, 3.63) is 77.0 Å². The van der Waals surface area contributed by atoms with E-state index in [4.69, 9.17) is 9.84 Å². The number of amides is 2. The maximum Gasteiger partial charge on any atom is 0.257 e. The number of carbonyl (C=O) groups is 2. The summed E-state index contributed by atoms with van der Waals surface area (Å²) in [5.41, 5.74) is 2.72. The molecule has 1 aromatic heterocycles. The second-order valence-corrected chi connectivity index (χ2v) is 11.0. The number of hydrogen-bond acceptors (Lipinski definition) is 4. The van der Waals surface area contributed by atoms with Crippen LogP contribution in [0.5, 0.6) is 5.75 Å². The maximum absolute atomic E-state index is 13.3. The minimum atomic E-state index is -2.68. The Morgan fingerprint density at radius 3 is 2.70 bits per heavy atom. The number of benzene rings is 2. The van der Waals surface area contributed by atoms with Crippen molar-refractivity contribution in [2.75, 3.05) is 11.9 Å². The number of anilines is 1. The third-order valence-electron chi connectivity index (χ3n) is 7.45. The molecule has 2 amide bonds. The molecule has 1 atom stereocenters. The average molecular weight is 551 g/mol. The molecule has 0 saturated heterocycles. The third-order valence-corrected chi connectivity index (χ3v) is 7.45. The monoisotopic (exact) mass is 550 g/mol. The van der Waals surface area contributed by atoms with E-state index in [1.54, 1.807) is 16.8 Å². The minimum absolute atomic E-state index is 0.0965. The van der Waals surface area contributed by atoms with E-state index in [1.807, 2.05) is 42.5 Å². The van der Waals surface area contributed by atoms with Gasteiger partial charge in [-0.15, -0.1) is 0 Å². The molecule has 212 valence electrons. The Bertz CT molecular complexity index is 1330. The molecule has 40 heavy (non-hydrogen) atoms. The lowest BCUT2D eigenvalue weighted by Crippen LogP contribution is -2.41. The third kappa shape index (κ3) is 7.46. The normalized spacial score (nSPS) is 16.8. The molecule has 3 aromatic rings. The van der Waals surface area contributed by atoms with Gasteiger partial charge in [0.05, 0.1) is 12.3 Å². The van der Waals surface area contributed by atoms with Gasteiger partial charge in [-0.05, 0) is 68.4 Å². The molecule has 0 radical (unpaired) electrons. The summed E-state index contributed by atoms with van der Waals surface area (Å²) >= 11 is 0. The van der Waals surface area contributed by atoms with Crippen molar-refractivity contribution in [2.24, 2.45) is 5.92 Å². The standard InChI is InChI=1S/C31H36F2N4O3/c1-31(32,33)16-6-18-40-25-10-5-7-22(19-25)13-14-24-20-26-27(30(39)34-24)28(37(36-26)17-15-21-11-12-21)35-29(38)23-8-3-2-4-9-23/h2-5,7-10,19,21,24H,6,11-18,20H2,1H3,(H,34,39)(H,35,38). The predicted molar refractivity (Wildman–Crippen MR) is 149 cm³/mol. The van der Waals surface area contributed by atoms with Crippen LogP contribution in [0, 0.1) is 5.92 Å². The Morgan fingerprint density at radius 2 is 1.95 bits per heavy atom. The van der Waals surface area contributed by atoms with Gasteiger partial charge in [0.15, 0.2) is 0 Å². The van der Waals surface area contributed by atoms with Crippen molar-refractivity contribution in [3.63, 3.8) is 0 Å². The van der Waals surface area contributed by atoms with Crippen molar-refractivity contribution >= 4 is 17.6 Å². The summed E-state index contributed by atoms with van der Waals surface area (Å²) < 4.78 is 33.5. The molecule has 1 saturated carbocycles. The first-order chi connectivity index (χ1) is 19.2. The van der Waals surface area contributed by atoms with Crippen molar-refractivity contribution in [3.8, 4) is 5.75 Å². The molecule has 0 bridgehead atoms. The summed E-state index contributed by atoms with van der Waals surface area (Å²) in [7, 11) is 0. The highest BCUT2D eigenvalue weighted by molar-refractivity contribution is 6.09. The van der Waals surface area contributed by atoms with Crippen LogP contribution in [0.25, 0.3) is 0 Å². The molecule has 1 aliphatic heterocycles. The van der Waals surface area contributed by atoms with Crippen LogP contribution in [0.3, 0.4) is 0 Å². The second-order valence-electron chi connectivity index (χ2n) is 11.0. The number of halogens is 2. The van der Waals surface area contributed by atoms with E-state index in [-0.39, 0.29) is 37.3 Å². The molecule has 2 aliphatic rings. The maximum atomic E-state index is 13.3. The number of aryl methyl sites for hydroxylation is 2. The molecule has 1 fully saturated rings. The first-order valence-corrected chi connectivity index (χ1v) is 14.1. The van der Waals surface area contributed by atoms with Crippen LogP contribution in [0.4, 0.5) is 14.6 Å². The lowest BCUT2D eigenvalue weighted by molar-refractivity contribution is 0.00767. The highest BCUT2D eigenvalue weighted by Gasteiger charge is 2.33. The Hall–Kier alpha value is -3.75. The highest BCUT2D eigenvalue weighted by atomic mass is 19.3. The molecular weight excluding hydrogens is 514 g/mol. The lowest BCUT2D eigenvalue weighted by atomic mass is 9.96. The summed E-state index contributed by atoms with van der Waals surface area (Å²) in [4.78, 5) is 26.2. The molecule has 2 aromatic carbocycles. The van der Waals surface area contributed by atoms with Gasteiger partial charge in [0.1, 0.15) is 17.1 Å². The van der Waals surface area contributed by atoms with Gasteiger partial charge in [0.2, 0.25) is 5.92 Å². The number of nitrogens with zero attached hydrogens (tertiary/aromatic N) is 2. The Morgan fingerprint density at radius 1 is 1.15 bits per heavy atom. The van der Waals surface area contributed by atoms with Crippen LogP contribution >= 0.6 is 0 Å². The zero-order valence-corrected chi connectivity index (χ0v) is 22.8. The van der Waals surface area contributed by atoms with Gasteiger partial charge in [0.25, 0.3) is 11.8 Å². The van der Waals surface area contributed by atoms with Crippen molar-refractivity contribution in [1.29, 1.82) is 0 Å². The highest BCUT2D eigenvalue weighted by Crippen LogP contribution is 2.34. The summed E-state index contributed by atoms with van der Waals surface area (Å²) in [6.07, 6.45) is 5.48. The number of fused-ring (bicyclic) bond motifs is 1. The molecule has 5 rings (SSSR count). The van der Waals surface area contributed by atoms with Crippen LogP contribution in [0.2, 0.25) is 0 Å². The van der Waals surface area contributed by atoms with Gasteiger partial charge < -0.3 is 15.4 Å². The van der Waals surface area contributed by atoms with E-state index < -0.39 is 5.92 Å². The molecule has 2 N–H and O–H groups in total. The minimum Gasteiger partial charge on any atom is -0.494 e. The number of carbonyl (C=O) groups excluding carboxylic acids is 2. The number of rotatable bonds is 13. The van der Waals surface area contributed by atoms with Crippen LogP contribution in [0.15, 0.2) is 54.6 Å². The fourth-order valence-corrected chi connectivity index (χ4v) is 5.08. The Labute approximate surface area is 233 Å². The molecule has 7 nitrogen and oxygen atoms in total. The second kappa shape index (κ2) is 12.2. The largest absolute Gasteiger partial charge is 0.494 e. The number of ether oxygens (including phenoxy) is 1. The van der Waals surface area contributed by atoms with Crippen LogP contribution in [-0.4, -0.2) is 40.2 Å². The van der Waals surface area contributed by atoms with Gasteiger partial charge in [-0.25, -0.2) is 13.5 Å². The van der Waals surface area contributed by atoms with Crippen molar-refractivity contribution in [1.82, 2.24) is 15.1 Å². The summed E-state index contributed by atoms with van der Waals surface area (Å²) in [5, 5.41) is 10.9. The van der Waals surface area contributed by atoms with Crippen LogP contribution < -0.4 is 15.4 Å². The van der Waals surface area contributed by atoms with Gasteiger partial charge >= 0.3 is 0 Å². The topological polar surface area (TPSA) is 85.2 Å². The first kappa shape index (κ1) is 27.8. The van der Waals surface area contributed by atoms with Crippen LogP contribution in [0.1, 0.15) is 77.4 Å². The fraction of sp³-hybridized carbons (Fsp3) is 0.452. The number of alkyl halides is 2. The lowest BCUT2D eigenvalue weighted by Gasteiger charge is -2.23. The van der Waals surface area contributed by atoms with E-state index in [9.17, 15) is 18.4 Å². The molecular formula is C31H36F2N4O3. The molecule has 9 heteroatoms. The zero-order valence-electron chi connectivity index (χ0n) is 22.8. The van der Waals surface area contributed by atoms with Gasteiger partial charge in [-0.1, -0.05) is 43.2 Å².